The molecule has 0 aliphatic carbocycles. The molecule has 0 saturated carbocycles. The lowest BCUT2D eigenvalue weighted by Crippen LogP contribution is -2.18. The van der Waals surface area contributed by atoms with Crippen molar-refractivity contribution in [2.24, 2.45) is 5.10 Å². The number of amides is 1. The summed E-state index contributed by atoms with van der Waals surface area (Å²) in [4.78, 5) is 16.1. The van der Waals surface area contributed by atoms with Crippen LogP contribution >= 0.6 is 0 Å². The largest absolute Gasteiger partial charge is 0.491 e. The molecular weight excluding hydrogens is 330 g/mol. The van der Waals surface area contributed by atoms with Gasteiger partial charge in [-0.1, -0.05) is 6.07 Å². The molecule has 1 aromatic carbocycles. The number of hydrogen-bond donors (Lipinski definition) is 2. The van der Waals surface area contributed by atoms with Crippen molar-refractivity contribution in [3.8, 4) is 17.0 Å². The van der Waals surface area contributed by atoms with E-state index in [0.29, 0.717) is 11.4 Å². The average molecular weight is 349 g/mol. The molecule has 2 heterocycles. The second kappa shape index (κ2) is 8.06. The minimum absolute atomic E-state index is 0.119. The van der Waals surface area contributed by atoms with Crippen molar-refractivity contribution >= 4 is 12.1 Å². The van der Waals surface area contributed by atoms with E-state index in [-0.39, 0.29) is 12.0 Å². The highest BCUT2D eigenvalue weighted by molar-refractivity contribution is 5.94. The number of H-pyrrole nitrogens is 1. The Kier molecular flexibility index (Phi) is 5.38. The Morgan fingerprint density at radius 1 is 1.27 bits per heavy atom. The maximum atomic E-state index is 12.1. The van der Waals surface area contributed by atoms with Crippen molar-refractivity contribution in [1.82, 2.24) is 20.6 Å². The number of benzene rings is 1. The van der Waals surface area contributed by atoms with Gasteiger partial charge < -0.3 is 4.74 Å². The van der Waals surface area contributed by atoms with Gasteiger partial charge in [0, 0.05) is 23.5 Å². The molecule has 0 bridgehead atoms. The van der Waals surface area contributed by atoms with Crippen LogP contribution in [0.5, 0.6) is 5.75 Å². The summed E-state index contributed by atoms with van der Waals surface area (Å²) in [5.41, 5.74) is 5.13. The molecule has 0 atom stereocenters. The van der Waals surface area contributed by atoms with E-state index >= 15 is 0 Å². The Bertz CT molecular complexity index is 886. The van der Waals surface area contributed by atoms with Gasteiger partial charge in [0.1, 0.15) is 11.4 Å². The van der Waals surface area contributed by atoms with E-state index in [0.717, 1.165) is 16.9 Å². The van der Waals surface area contributed by atoms with Crippen molar-refractivity contribution < 1.29 is 9.53 Å². The van der Waals surface area contributed by atoms with Crippen LogP contribution in [-0.2, 0) is 0 Å². The molecule has 0 fully saturated rings. The lowest BCUT2D eigenvalue weighted by molar-refractivity contribution is 0.0950. The highest BCUT2D eigenvalue weighted by Gasteiger charge is 2.10. The van der Waals surface area contributed by atoms with Crippen molar-refractivity contribution in [1.29, 1.82) is 0 Å². The lowest BCUT2D eigenvalue weighted by atomic mass is 10.1. The van der Waals surface area contributed by atoms with Crippen LogP contribution in [0.15, 0.2) is 60.0 Å². The molecule has 1 amide bonds. The predicted molar refractivity (Wildman–Crippen MR) is 99.1 cm³/mol. The molecule has 7 nitrogen and oxygen atoms in total. The van der Waals surface area contributed by atoms with Gasteiger partial charge in [0.25, 0.3) is 5.91 Å². The maximum Gasteiger partial charge on any atom is 0.289 e. The molecule has 0 spiro atoms. The number of carbonyl (C=O) groups excluding carboxylic acids is 1. The summed E-state index contributed by atoms with van der Waals surface area (Å²) in [6.45, 7) is 3.95. The van der Waals surface area contributed by atoms with Gasteiger partial charge in [0.05, 0.1) is 18.0 Å². The monoisotopic (exact) mass is 349 g/mol. The molecule has 0 radical (unpaired) electrons. The van der Waals surface area contributed by atoms with E-state index in [4.69, 9.17) is 4.74 Å². The number of hydrazone groups is 1. The number of nitrogens with zero attached hydrogens (tertiary/aromatic N) is 3. The Morgan fingerprint density at radius 2 is 2.08 bits per heavy atom. The molecule has 3 rings (SSSR count). The second-order valence-corrected chi connectivity index (χ2v) is 5.84. The molecule has 2 aromatic heterocycles. The number of pyridine rings is 1. The Balaban J connectivity index is 1.63. The number of aromatic amines is 1. The highest BCUT2D eigenvalue weighted by atomic mass is 16.5. The zero-order valence-corrected chi connectivity index (χ0v) is 14.5. The van der Waals surface area contributed by atoms with Crippen molar-refractivity contribution in [3.05, 3.63) is 66.1 Å². The first-order valence-corrected chi connectivity index (χ1v) is 8.18. The quantitative estimate of drug-likeness (QED) is 0.528. The number of rotatable bonds is 6. The molecule has 132 valence electrons. The molecule has 0 aliphatic rings. The summed E-state index contributed by atoms with van der Waals surface area (Å²) < 4.78 is 5.62. The first-order chi connectivity index (χ1) is 12.6. The van der Waals surface area contributed by atoms with Crippen LogP contribution < -0.4 is 10.2 Å². The van der Waals surface area contributed by atoms with Gasteiger partial charge in [0.2, 0.25) is 0 Å². The van der Waals surface area contributed by atoms with E-state index in [1.807, 2.05) is 44.2 Å². The van der Waals surface area contributed by atoms with Crippen LogP contribution in [0.2, 0.25) is 0 Å². The summed E-state index contributed by atoms with van der Waals surface area (Å²) in [5.74, 6) is 0.422. The van der Waals surface area contributed by atoms with Crippen LogP contribution in [0.1, 0.15) is 29.9 Å². The van der Waals surface area contributed by atoms with Crippen LogP contribution in [0.4, 0.5) is 0 Å². The third kappa shape index (κ3) is 4.54. The number of ether oxygens (including phenoxy) is 1. The normalized spacial score (nSPS) is 11.0. The van der Waals surface area contributed by atoms with Crippen molar-refractivity contribution in [2.75, 3.05) is 0 Å². The zero-order valence-electron chi connectivity index (χ0n) is 14.5. The van der Waals surface area contributed by atoms with Gasteiger partial charge in [-0.3, -0.25) is 14.9 Å². The van der Waals surface area contributed by atoms with E-state index < -0.39 is 0 Å². The summed E-state index contributed by atoms with van der Waals surface area (Å²) in [6, 6.07) is 12.9. The third-order valence-corrected chi connectivity index (χ3v) is 3.41. The molecule has 0 aliphatic heterocycles. The summed E-state index contributed by atoms with van der Waals surface area (Å²) in [6.07, 6.45) is 4.96. The second-order valence-electron chi connectivity index (χ2n) is 5.84. The van der Waals surface area contributed by atoms with Gasteiger partial charge in [-0.25, -0.2) is 5.43 Å². The van der Waals surface area contributed by atoms with Crippen molar-refractivity contribution in [3.63, 3.8) is 0 Å². The Labute approximate surface area is 151 Å². The fraction of sp³-hybridized carbons (Fsp3) is 0.158. The predicted octanol–water partition coefficient (Wildman–Crippen LogP) is 3.02. The maximum absolute atomic E-state index is 12.1. The SMILES string of the molecule is CC(C)Oc1ccc(-c2cc(C(=O)N/N=C/c3cccnc3)[nH]n2)cc1. The molecule has 7 heteroatoms. The Morgan fingerprint density at radius 3 is 2.77 bits per heavy atom. The number of nitrogens with one attached hydrogen (secondary N) is 2. The minimum atomic E-state index is -0.372. The van der Waals surface area contributed by atoms with Crippen molar-refractivity contribution in [2.45, 2.75) is 20.0 Å². The van der Waals surface area contributed by atoms with Gasteiger partial charge in [0.15, 0.2) is 0 Å². The number of carbonyl (C=O) groups is 1. The summed E-state index contributed by atoms with van der Waals surface area (Å²) in [7, 11) is 0. The van der Waals surface area contributed by atoms with Gasteiger partial charge in [-0.05, 0) is 50.2 Å². The fourth-order valence-corrected chi connectivity index (χ4v) is 2.24. The third-order valence-electron chi connectivity index (χ3n) is 3.41. The van der Waals surface area contributed by atoms with Crippen LogP contribution in [-0.4, -0.2) is 33.4 Å². The van der Waals surface area contributed by atoms with E-state index in [1.165, 1.54) is 6.21 Å². The van der Waals surface area contributed by atoms with E-state index in [2.05, 4.69) is 25.7 Å². The van der Waals surface area contributed by atoms with E-state index in [9.17, 15) is 4.79 Å². The summed E-state index contributed by atoms with van der Waals surface area (Å²) in [5, 5.41) is 10.8. The van der Waals surface area contributed by atoms with Gasteiger partial charge >= 0.3 is 0 Å². The van der Waals surface area contributed by atoms with Crippen LogP contribution in [0, 0.1) is 0 Å². The molecule has 3 aromatic rings. The molecular formula is C19H19N5O2. The van der Waals surface area contributed by atoms with Gasteiger partial charge in [-0.2, -0.15) is 10.2 Å². The minimum Gasteiger partial charge on any atom is -0.491 e. The molecule has 2 N–H and O–H groups in total. The first kappa shape index (κ1) is 17.3. The standard InChI is InChI=1S/C19H19N5O2/c1-13(2)26-16-7-5-15(6-8-16)17-10-18(23-22-17)19(25)24-21-12-14-4-3-9-20-11-14/h3-13H,1-2H3,(H,22,23)(H,24,25)/b21-12+. The molecule has 0 unspecified atom stereocenters. The van der Waals surface area contributed by atoms with Gasteiger partial charge in [-0.15, -0.1) is 0 Å². The summed E-state index contributed by atoms with van der Waals surface area (Å²) >= 11 is 0. The van der Waals surface area contributed by atoms with Crippen LogP contribution in [0.25, 0.3) is 11.3 Å². The lowest BCUT2D eigenvalue weighted by Gasteiger charge is -2.09. The fourth-order valence-electron chi connectivity index (χ4n) is 2.24. The average Bonchev–Trinajstić information content (AvgIpc) is 3.13. The Hall–Kier alpha value is -3.48. The topological polar surface area (TPSA) is 92.3 Å². The number of hydrogen-bond acceptors (Lipinski definition) is 5. The molecule has 0 saturated heterocycles. The van der Waals surface area contributed by atoms with Crippen LogP contribution in [0.3, 0.4) is 0 Å². The number of aromatic nitrogens is 3. The van der Waals surface area contributed by atoms with E-state index in [1.54, 1.807) is 24.5 Å². The molecule has 26 heavy (non-hydrogen) atoms. The smallest absolute Gasteiger partial charge is 0.289 e. The highest BCUT2D eigenvalue weighted by Crippen LogP contribution is 2.21. The zero-order chi connectivity index (χ0) is 18.4. The first-order valence-electron chi connectivity index (χ1n) is 8.18.